The SMILES string of the molecule is CNc1nc(C(=O)N2CC[C@@H](c3cc(OC)ccc3OC)C2)cs1. The van der Waals surface area contributed by atoms with Crippen molar-refractivity contribution in [2.45, 2.75) is 12.3 Å². The van der Waals surface area contributed by atoms with E-state index in [1.807, 2.05) is 23.1 Å². The van der Waals surface area contributed by atoms with Gasteiger partial charge in [0.05, 0.1) is 14.2 Å². The van der Waals surface area contributed by atoms with Gasteiger partial charge in [-0.3, -0.25) is 4.79 Å². The average Bonchev–Trinajstić information content (AvgIpc) is 3.29. The van der Waals surface area contributed by atoms with Crippen molar-refractivity contribution in [2.24, 2.45) is 0 Å². The number of nitrogens with one attached hydrogen (secondary N) is 1. The highest BCUT2D eigenvalue weighted by Gasteiger charge is 2.30. The maximum Gasteiger partial charge on any atom is 0.273 e. The molecule has 1 aliphatic heterocycles. The van der Waals surface area contributed by atoms with E-state index in [-0.39, 0.29) is 11.8 Å². The monoisotopic (exact) mass is 347 g/mol. The molecule has 1 saturated heterocycles. The Balaban J connectivity index is 1.76. The number of carbonyl (C=O) groups excluding carboxylic acids is 1. The van der Waals surface area contributed by atoms with Gasteiger partial charge >= 0.3 is 0 Å². The second kappa shape index (κ2) is 7.09. The van der Waals surface area contributed by atoms with Gasteiger partial charge in [0, 0.05) is 37.0 Å². The molecule has 2 heterocycles. The Morgan fingerprint density at radius 2 is 2.21 bits per heavy atom. The summed E-state index contributed by atoms with van der Waals surface area (Å²) in [5.74, 6) is 1.86. The number of hydrogen-bond acceptors (Lipinski definition) is 6. The highest BCUT2D eigenvalue weighted by atomic mass is 32.1. The number of likely N-dealkylation sites (tertiary alicyclic amines) is 1. The summed E-state index contributed by atoms with van der Waals surface area (Å²) in [6, 6.07) is 5.80. The quantitative estimate of drug-likeness (QED) is 0.901. The summed E-state index contributed by atoms with van der Waals surface area (Å²) in [7, 11) is 5.11. The van der Waals surface area contributed by atoms with Crippen LogP contribution in [0.4, 0.5) is 5.13 Å². The number of anilines is 1. The molecule has 128 valence electrons. The summed E-state index contributed by atoms with van der Waals surface area (Å²) in [6.07, 6.45) is 0.901. The highest BCUT2D eigenvalue weighted by molar-refractivity contribution is 7.13. The summed E-state index contributed by atoms with van der Waals surface area (Å²) < 4.78 is 10.8. The van der Waals surface area contributed by atoms with Gasteiger partial charge in [-0.2, -0.15) is 0 Å². The predicted octanol–water partition coefficient (Wildman–Crippen LogP) is 2.83. The molecule has 1 aliphatic rings. The molecule has 1 aromatic heterocycles. The molecule has 3 rings (SSSR count). The maximum atomic E-state index is 12.6. The van der Waals surface area contributed by atoms with Crippen LogP contribution in [0.15, 0.2) is 23.6 Å². The Kier molecular flexibility index (Phi) is 4.89. The second-order valence-electron chi connectivity index (χ2n) is 5.63. The minimum absolute atomic E-state index is 0.0166. The largest absolute Gasteiger partial charge is 0.497 e. The number of nitrogens with zero attached hydrogens (tertiary/aromatic N) is 2. The molecular formula is C17H21N3O3S. The lowest BCUT2D eigenvalue weighted by atomic mass is 9.97. The fraction of sp³-hybridized carbons (Fsp3) is 0.412. The molecule has 2 aromatic rings. The predicted molar refractivity (Wildman–Crippen MR) is 94.5 cm³/mol. The van der Waals surface area contributed by atoms with Crippen LogP contribution in [-0.4, -0.2) is 50.1 Å². The van der Waals surface area contributed by atoms with Gasteiger partial charge < -0.3 is 19.7 Å². The standard InChI is InChI=1S/C17H21N3O3S/c1-18-17-19-14(10-24-17)16(21)20-7-6-11(9-20)13-8-12(22-2)4-5-15(13)23-3/h4-5,8,10-11H,6-7,9H2,1-3H3,(H,18,19)/t11-/m1/s1. The van der Waals surface area contributed by atoms with E-state index in [2.05, 4.69) is 10.3 Å². The van der Waals surface area contributed by atoms with Crippen LogP contribution in [0, 0.1) is 0 Å². The molecule has 1 fully saturated rings. The molecule has 0 unspecified atom stereocenters. The number of amides is 1. The van der Waals surface area contributed by atoms with Gasteiger partial charge in [0.15, 0.2) is 5.13 Å². The molecule has 0 spiro atoms. The molecule has 0 radical (unpaired) electrons. The van der Waals surface area contributed by atoms with Crippen molar-refractivity contribution >= 4 is 22.4 Å². The fourth-order valence-electron chi connectivity index (χ4n) is 3.01. The van der Waals surface area contributed by atoms with Crippen LogP contribution in [0.2, 0.25) is 0 Å². The van der Waals surface area contributed by atoms with Crippen molar-refractivity contribution in [2.75, 3.05) is 39.7 Å². The molecule has 7 heteroatoms. The summed E-state index contributed by atoms with van der Waals surface area (Å²) in [4.78, 5) is 18.8. The molecule has 0 aliphatic carbocycles. The van der Waals surface area contributed by atoms with Crippen LogP contribution >= 0.6 is 11.3 Å². The normalized spacial score (nSPS) is 17.0. The van der Waals surface area contributed by atoms with Crippen molar-refractivity contribution in [1.82, 2.24) is 9.88 Å². The number of thiazole rings is 1. The van der Waals surface area contributed by atoms with E-state index in [1.165, 1.54) is 11.3 Å². The third-order valence-corrected chi connectivity index (χ3v) is 5.15. The molecule has 1 amide bonds. The van der Waals surface area contributed by atoms with Gasteiger partial charge in [0.2, 0.25) is 0 Å². The molecule has 1 N–H and O–H groups in total. The number of rotatable bonds is 5. The summed E-state index contributed by atoms with van der Waals surface area (Å²) in [6.45, 7) is 1.38. The zero-order valence-electron chi connectivity index (χ0n) is 14.0. The minimum atomic E-state index is -0.0166. The Morgan fingerprint density at radius 1 is 1.38 bits per heavy atom. The van der Waals surface area contributed by atoms with E-state index in [0.717, 1.165) is 35.2 Å². The fourth-order valence-corrected chi connectivity index (χ4v) is 3.65. The molecule has 1 atom stereocenters. The molecule has 24 heavy (non-hydrogen) atoms. The first-order valence-electron chi connectivity index (χ1n) is 7.80. The average molecular weight is 347 g/mol. The molecule has 6 nitrogen and oxygen atoms in total. The number of ether oxygens (including phenoxy) is 2. The van der Waals surface area contributed by atoms with Crippen molar-refractivity contribution in [3.8, 4) is 11.5 Å². The molecular weight excluding hydrogens is 326 g/mol. The van der Waals surface area contributed by atoms with E-state index < -0.39 is 0 Å². The van der Waals surface area contributed by atoms with E-state index in [0.29, 0.717) is 12.2 Å². The zero-order chi connectivity index (χ0) is 17.1. The lowest BCUT2D eigenvalue weighted by Crippen LogP contribution is -2.28. The summed E-state index contributed by atoms with van der Waals surface area (Å²) in [5.41, 5.74) is 1.59. The van der Waals surface area contributed by atoms with Crippen LogP contribution < -0.4 is 14.8 Å². The Hall–Kier alpha value is -2.28. The summed E-state index contributed by atoms with van der Waals surface area (Å²) >= 11 is 1.44. The van der Waals surface area contributed by atoms with Crippen LogP contribution in [-0.2, 0) is 0 Å². The van der Waals surface area contributed by atoms with E-state index >= 15 is 0 Å². The highest BCUT2D eigenvalue weighted by Crippen LogP contribution is 2.36. The number of benzene rings is 1. The van der Waals surface area contributed by atoms with E-state index in [4.69, 9.17) is 9.47 Å². The van der Waals surface area contributed by atoms with Crippen LogP contribution in [0.3, 0.4) is 0 Å². The number of hydrogen-bond donors (Lipinski definition) is 1. The molecule has 1 aromatic carbocycles. The Morgan fingerprint density at radius 3 is 2.88 bits per heavy atom. The third-order valence-electron chi connectivity index (χ3n) is 4.29. The van der Waals surface area contributed by atoms with Gasteiger partial charge in [-0.1, -0.05) is 0 Å². The van der Waals surface area contributed by atoms with Crippen molar-refractivity contribution in [3.63, 3.8) is 0 Å². The number of carbonyl (C=O) groups is 1. The third kappa shape index (κ3) is 3.17. The van der Waals surface area contributed by atoms with Gasteiger partial charge in [0.1, 0.15) is 17.2 Å². The maximum absolute atomic E-state index is 12.6. The van der Waals surface area contributed by atoms with Crippen LogP contribution in [0.25, 0.3) is 0 Å². The first kappa shape index (κ1) is 16.6. The minimum Gasteiger partial charge on any atom is -0.497 e. The first-order valence-corrected chi connectivity index (χ1v) is 8.68. The summed E-state index contributed by atoms with van der Waals surface area (Å²) in [5, 5.41) is 5.51. The Bertz CT molecular complexity index is 732. The van der Waals surface area contributed by atoms with E-state index in [9.17, 15) is 4.79 Å². The van der Waals surface area contributed by atoms with Gasteiger partial charge in [0.25, 0.3) is 5.91 Å². The second-order valence-corrected chi connectivity index (χ2v) is 6.49. The topological polar surface area (TPSA) is 63.7 Å². The Labute approximate surface area is 145 Å². The number of aromatic nitrogens is 1. The lowest BCUT2D eigenvalue weighted by Gasteiger charge is -2.17. The van der Waals surface area contributed by atoms with Crippen molar-refractivity contribution < 1.29 is 14.3 Å². The first-order chi connectivity index (χ1) is 11.7. The van der Waals surface area contributed by atoms with Crippen LogP contribution in [0.5, 0.6) is 11.5 Å². The van der Waals surface area contributed by atoms with Crippen LogP contribution in [0.1, 0.15) is 28.4 Å². The van der Waals surface area contributed by atoms with Crippen molar-refractivity contribution in [1.29, 1.82) is 0 Å². The molecule has 0 bridgehead atoms. The van der Waals surface area contributed by atoms with Gasteiger partial charge in [-0.15, -0.1) is 11.3 Å². The van der Waals surface area contributed by atoms with Gasteiger partial charge in [-0.25, -0.2) is 4.98 Å². The van der Waals surface area contributed by atoms with Crippen molar-refractivity contribution in [3.05, 3.63) is 34.8 Å². The smallest absolute Gasteiger partial charge is 0.273 e. The lowest BCUT2D eigenvalue weighted by molar-refractivity contribution is 0.0786. The number of methoxy groups -OCH3 is 2. The zero-order valence-corrected chi connectivity index (χ0v) is 14.9. The van der Waals surface area contributed by atoms with Gasteiger partial charge in [-0.05, 0) is 24.6 Å². The van der Waals surface area contributed by atoms with E-state index in [1.54, 1.807) is 26.6 Å². The molecule has 0 saturated carbocycles.